The number of pyridine rings is 1. The Balaban J connectivity index is 2.10. The highest BCUT2D eigenvalue weighted by Crippen LogP contribution is 2.29. The maximum atomic E-state index is 11.9. The summed E-state index contributed by atoms with van der Waals surface area (Å²) in [5.74, 6) is -0.201. The van der Waals surface area contributed by atoms with Crippen LogP contribution >= 0.6 is 21.6 Å². The molecular weight excluding hydrogens is 446 g/mol. The molecular formula is C19H31N3O7S2. The van der Waals surface area contributed by atoms with Crippen molar-refractivity contribution in [2.24, 2.45) is 0 Å². The van der Waals surface area contributed by atoms with E-state index >= 15 is 0 Å². The van der Waals surface area contributed by atoms with Gasteiger partial charge in [-0.2, -0.15) is 0 Å². The lowest BCUT2D eigenvalue weighted by molar-refractivity contribution is -0.153. The Bertz CT molecular complexity index is 642. The number of hydrogen-bond donors (Lipinski definition) is 6. The predicted molar refractivity (Wildman–Crippen MR) is 118 cm³/mol. The molecule has 1 rings (SSSR count). The number of hydrogen-bond acceptors (Lipinski definition) is 10. The average molecular weight is 478 g/mol. The summed E-state index contributed by atoms with van der Waals surface area (Å²) in [6.45, 7) is 0.0268. The van der Waals surface area contributed by atoms with Crippen LogP contribution in [0.25, 0.3) is 0 Å². The first kappa shape index (κ1) is 27.6. The van der Waals surface area contributed by atoms with Gasteiger partial charge in [-0.15, -0.1) is 0 Å². The lowest BCUT2D eigenvalue weighted by Gasteiger charge is -2.27. The van der Waals surface area contributed by atoms with Crippen LogP contribution in [0, 0.1) is 0 Å². The van der Waals surface area contributed by atoms with E-state index in [1.54, 1.807) is 17.0 Å². The predicted octanol–water partition coefficient (Wildman–Crippen LogP) is -0.685. The molecule has 0 radical (unpaired) electrons. The molecule has 4 atom stereocenters. The molecule has 0 bridgehead atoms. The molecule has 1 aromatic heterocycles. The molecule has 1 heterocycles. The van der Waals surface area contributed by atoms with E-state index in [1.807, 2.05) is 18.2 Å². The van der Waals surface area contributed by atoms with Crippen molar-refractivity contribution in [2.75, 3.05) is 32.6 Å². The average Bonchev–Trinajstić information content (AvgIpc) is 2.79. The van der Waals surface area contributed by atoms with Crippen LogP contribution in [0.5, 0.6) is 0 Å². The van der Waals surface area contributed by atoms with Crippen molar-refractivity contribution in [3.63, 3.8) is 0 Å². The van der Waals surface area contributed by atoms with Crippen LogP contribution in [0.4, 0.5) is 0 Å². The van der Waals surface area contributed by atoms with Crippen LogP contribution in [-0.2, 0) is 14.3 Å². The van der Waals surface area contributed by atoms with Crippen molar-refractivity contribution in [3.05, 3.63) is 24.4 Å². The summed E-state index contributed by atoms with van der Waals surface area (Å²) >= 11 is 0. The Hall–Kier alpha value is -1.41. The second kappa shape index (κ2) is 16.3. The highest BCUT2D eigenvalue weighted by molar-refractivity contribution is 8.76. The van der Waals surface area contributed by atoms with Crippen molar-refractivity contribution >= 4 is 33.4 Å². The number of rotatable bonds is 16. The van der Waals surface area contributed by atoms with Crippen LogP contribution in [0.15, 0.2) is 29.4 Å². The molecule has 6 N–H and O–H groups in total. The SMILES string of the molecule is CO[C@H](C(O)CO)[C@H](O)C(O)C(=O)NCCCCNC(=O)CCSSc1ccccn1. The van der Waals surface area contributed by atoms with Gasteiger partial charge in [0.25, 0.3) is 5.91 Å². The molecule has 12 heteroatoms. The van der Waals surface area contributed by atoms with Gasteiger partial charge >= 0.3 is 0 Å². The third-order valence-corrected chi connectivity index (χ3v) is 6.45. The van der Waals surface area contributed by atoms with Gasteiger partial charge in [-0.25, -0.2) is 4.98 Å². The molecule has 0 aliphatic rings. The molecule has 0 aliphatic heterocycles. The Morgan fingerprint density at radius 2 is 1.87 bits per heavy atom. The molecule has 2 unspecified atom stereocenters. The van der Waals surface area contributed by atoms with E-state index in [2.05, 4.69) is 15.6 Å². The number of carbonyl (C=O) groups excluding carboxylic acids is 2. The molecule has 1 aromatic rings. The lowest BCUT2D eigenvalue weighted by Crippen LogP contribution is -2.52. The first-order valence-corrected chi connectivity index (χ1v) is 12.1. The normalized spacial score (nSPS) is 15.0. The molecule has 0 saturated heterocycles. The van der Waals surface area contributed by atoms with Crippen molar-refractivity contribution in [2.45, 2.75) is 48.7 Å². The van der Waals surface area contributed by atoms with Crippen LogP contribution in [0.3, 0.4) is 0 Å². The van der Waals surface area contributed by atoms with Crippen LogP contribution < -0.4 is 10.6 Å². The van der Waals surface area contributed by atoms with Crippen molar-refractivity contribution in [3.8, 4) is 0 Å². The lowest BCUT2D eigenvalue weighted by atomic mass is 10.0. The first-order valence-electron chi connectivity index (χ1n) is 9.83. The number of aliphatic hydroxyl groups excluding tert-OH is 4. The Labute approximate surface area is 189 Å². The van der Waals surface area contributed by atoms with Crippen LogP contribution in [-0.4, -0.2) is 94.2 Å². The minimum atomic E-state index is -1.81. The quantitative estimate of drug-likeness (QED) is 0.133. The summed E-state index contributed by atoms with van der Waals surface area (Å²) in [4.78, 5) is 27.9. The number of nitrogens with one attached hydrogen (secondary N) is 2. The fraction of sp³-hybridized carbons (Fsp3) is 0.632. The smallest absolute Gasteiger partial charge is 0.251 e. The summed E-state index contributed by atoms with van der Waals surface area (Å²) < 4.78 is 4.83. The van der Waals surface area contributed by atoms with Gasteiger partial charge in [0.05, 0.1) is 6.61 Å². The van der Waals surface area contributed by atoms with E-state index in [-0.39, 0.29) is 12.5 Å². The summed E-state index contributed by atoms with van der Waals surface area (Å²) in [6.07, 6.45) is -2.94. The Morgan fingerprint density at radius 1 is 1.16 bits per heavy atom. The van der Waals surface area contributed by atoms with E-state index in [9.17, 15) is 24.9 Å². The van der Waals surface area contributed by atoms with E-state index in [0.29, 0.717) is 31.6 Å². The summed E-state index contributed by atoms with van der Waals surface area (Å²) in [7, 11) is 4.27. The summed E-state index contributed by atoms with van der Waals surface area (Å²) in [5, 5.41) is 44.5. The van der Waals surface area contributed by atoms with Crippen LogP contribution in [0.2, 0.25) is 0 Å². The fourth-order valence-corrected chi connectivity index (χ4v) is 4.35. The number of unbranched alkanes of at least 4 members (excludes halogenated alkanes) is 1. The van der Waals surface area contributed by atoms with Gasteiger partial charge in [-0.3, -0.25) is 9.59 Å². The van der Waals surface area contributed by atoms with Gasteiger partial charge < -0.3 is 35.8 Å². The van der Waals surface area contributed by atoms with Gasteiger partial charge in [0.2, 0.25) is 5.91 Å². The third kappa shape index (κ3) is 11.1. The summed E-state index contributed by atoms with van der Waals surface area (Å²) in [5.41, 5.74) is 0. The highest BCUT2D eigenvalue weighted by Gasteiger charge is 2.35. The third-order valence-electron chi connectivity index (χ3n) is 4.19. The van der Waals surface area contributed by atoms with Gasteiger partial charge in [0, 0.05) is 38.6 Å². The zero-order chi connectivity index (χ0) is 23.1. The number of ether oxygens (including phenoxy) is 1. The van der Waals surface area contributed by atoms with Gasteiger partial charge in [0.15, 0.2) is 6.10 Å². The standard InChI is InChI=1S/C19H31N3O7S2/c1-29-18(13(24)12-23)16(26)17(27)19(28)22-10-5-4-8-20-14(25)7-11-30-31-15-6-2-3-9-21-15/h2-3,6,9,13,16-18,23-24,26-27H,4-5,7-8,10-12H2,1H3,(H,20,25)(H,22,28)/t13?,16-,17?,18-/m1/s1. The van der Waals surface area contributed by atoms with E-state index in [0.717, 1.165) is 5.03 Å². The molecule has 31 heavy (non-hydrogen) atoms. The minimum absolute atomic E-state index is 0.0512. The molecule has 0 spiro atoms. The Kier molecular flexibility index (Phi) is 14.5. The van der Waals surface area contributed by atoms with Crippen molar-refractivity contribution in [1.82, 2.24) is 15.6 Å². The second-order valence-corrected chi connectivity index (χ2v) is 8.99. The molecule has 0 fully saturated rings. The number of nitrogens with zero attached hydrogens (tertiary/aromatic N) is 1. The largest absolute Gasteiger partial charge is 0.394 e. The van der Waals surface area contributed by atoms with E-state index in [4.69, 9.17) is 9.84 Å². The maximum Gasteiger partial charge on any atom is 0.251 e. The van der Waals surface area contributed by atoms with E-state index < -0.39 is 36.9 Å². The topological polar surface area (TPSA) is 161 Å². The maximum absolute atomic E-state index is 11.9. The molecule has 2 amide bonds. The molecule has 10 nitrogen and oxygen atoms in total. The zero-order valence-corrected chi connectivity index (χ0v) is 19.0. The van der Waals surface area contributed by atoms with Gasteiger partial charge in [0.1, 0.15) is 23.3 Å². The first-order chi connectivity index (χ1) is 14.9. The number of methoxy groups -OCH3 is 1. The fourth-order valence-electron chi connectivity index (χ4n) is 2.48. The monoisotopic (exact) mass is 477 g/mol. The minimum Gasteiger partial charge on any atom is -0.394 e. The van der Waals surface area contributed by atoms with E-state index in [1.165, 1.54) is 17.9 Å². The van der Waals surface area contributed by atoms with Crippen molar-refractivity contribution in [1.29, 1.82) is 0 Å². The molecule has 0 aliphatic carbocycles. The zero-order valence-electron chi connectivity index (χ0n) is 17.3. The highest BCUT2D eigenvalue weighted by atomic mass is 33.1. The number of aromatic nitrogens is 1. The van der Waals surface area contributed by atoms with Gasteiger partial charge in [-0.1, -0.05) is 16.9 Å². The second-order valence-electron chi connectivity index (χ2n) is 6.56. The summed E-state index contributed by atoms with van der Waals surface area (Å²) in [6, 6.07) is 5.66. The number of amides is 2. The number of aliphatic hydroxyl groups is 4. The van der Waals surface area contributed by atoms with Crippen molar-refractivity contribution < 1.29 is 34.8 Å². The van der Waals surface area contributed by atoms with Gasteiger partial charge in [-0.05, 0) is 35.8 Å². The molecule has 0 aromatic carbocycles. The van der Waals surface area contributed by atoms with Crippen LogP contribution in [0.1, 0.15) is 19.3 Å². The molecule has 176 valence electrons. The molecule has 0 saturated carbocycles. The Morgan fingerprint density at radius 3 is 2.48 bits per heavy atom. The number of carbonyl (C=O) groups is 2.